The lowest BCUT2D eigenvalue weighted by Gasteiger charge is -2.50. The number of ether oxygens (including phenoxy) is 4. The van der Waals surface area contributed by atoms with Crippen LogP contribution in [0.4, 0.5) is 4.79 Å². The van der Waals surface area contributed by atoms with Gasteiger partial charge in [-0.15, -0.1) is 0 Å². The first-order valence-corrected chi connectivity index (χ1v) is 20.1. The molecule has 2 heterocycles. The summed E-state index contributed by atoms with van der Waals surface area (Å²) in [6.07, 6.45) is 20.2. The fraction of sp³-hybridized carbons (Fsp3) is 0.810. The third kappa shape index (κ3) is 13.8. The second kappa shape index (κ2) is 22.6. The van der Waals surface area contributed by atoms with Crippen LogP contribution in [0.1, 0.15) is 163 Å². The van der Waals surface area contributed by atoms with Gasteiger partial charge in [0.15, 0.2) is 0 Å². The summed E-state index contributed by atoms with van der Waals surface area (Å²) in [4.78, 5) is 28.2. The Bertz CT molecular complexity index is 1040. The van der Waals surface area contributed by atoms with E-state index in [4.69, 9.17) is 18.9 Å². The SMILES string of the molecule is CCCCCCCCCCCCC[C@@H]1[C@@H](CCCCCC)[C@H](N2C(=O)OC[C@H]2CC)O[C@H](COC(=O)C(C)(C)C)[C@H]1OCc1ccccc1. The molecule has 2 aliphatic heterocycles. The molecule has 7 nitrogen and oxygen atoms in total. The molecular weight excluding hydrogens is 614 g/mol. The van der Waals surface area contributed by atoms with E-state index in [1.54, 1.807) is 0 Å². The van der Waals surface area contributed by atoms with Crippen LogP contribution in [-0.4, -0.2) is 54.7 Å². The molecule has 0 radical (unpaired) electrons. The quantitative estimate of drug-likeness (QED) is 0.0796. The lowest BCUT2D eigenvalue weighted by atomic mass is 9.75. The summed E-state index contributed by atoms with van der Waals surface area (Å²) in [5.74, 6) is 0.00648. The first-order chi connectivity index (χ1) is 23.7. The minimum absolute atomic E-state index is 0.0298. The Morgan fingerprint density at radius 3 is 1.92 bits per heavy atom. The predicted molar refractivity (Wildman–Crippen MR) is 198 cm³/mol. The van der Waals surface area contributed by atoms with Crippen molar-refractivity contribution in [2.75, 3.05) is 13.2 Å². The molecule has 0 aliphatic carbocycles. The van der Waals surface area contributed by atoms with Crippen LogP contribution < -0.4 is 0 Å². The molecule has 0 N–H and O–H groups in total. The fourth-order valence-corrected chi connectivity index (χ4v) is 7.55. The molecule has 49 heavy (non-hydrogen) atoms. The number of amides is 1. The Morgan fingerprint density at radius 1 is 0.796 bits per heavy atom. The van der Waals surface area contributed by atoms with Crippen molar-refractivity contribution in [1.29, 1.82) is 0 Å². The molecule has 0 unspecified atom stereocenters. The summed E-state index contributed by atoms with van der Waals surface area (Å²) in [6.45, 7) is 13.2. The largest absolute Gasteiger partial charge is 0.462 e. The highest BCUT2D eigenvalue weighted by molar-refractivity contribution is 5.75. The van der Waals surface area contributed by atoms with E-state index < -0.39 is 17.7 Å². The van der Waals surface area contributed by atoms with E-state index in [-0.39, 0.29) is 42.7 Å². The van der Waals surface area contributed by atoms with Gasteiger partial charge in [0.05, 0.1) is 24.2 Å². The standard InChI is InChI=1S/C42H71NO6/c1-7-10-12-14-15-16-17-18-19-20-25-28-35-36(29-24-13-11-8-2)39(43-34(9-3)31-48-41(43)45)49-37(32-47-40(44)42(4,5)6)38(35)46-30-33-26-22-21-23-27-33/h21-23,26-27,34-39H,7-20,24-25,28-32H2,1-6H3/t34-,35-,36-,37-,38+,39-/m1/s1. The number of nitrogens with zero attached hydrogens (tertiary/aromatic N) is 1. The second-order valence-corrected chi connectivity index (χ2v) is 15.7. The van der Waals surface area contributed by atoms with Crippen molar-refractivity contribution < 1.29 is 28.5 Å². The number of unbranched alkanes of at least 4 members (excludes halogenated alkanes) is 13. The Labute approximate surface area is 299 Å². The zero-order valence-corrected chi connectivity index (χ0v) is 32.1. The van der Waals surface area contributed by atoms with Gasteiger partial charge >= 0.3 is 12.1 Å². The van der Waals surface area contributed by atoms with Gasteiger partial charge in [0.1, 0.15) is 25.5 Å². The van der Waals surface area contributed by atoms with E-state index >= 15 is 0 Å². The van der Waals surface area contributed by atoms with Crippen molar-refractivity contribution in [3.63, 3.8) is 0 Å². The Hall–Kier alpha value is -2.12. The topological polar surface area (TPSA) is 74.3 Å². The van der Waals surface area contributed by atoms with Crippen molar-refractivity contribution >= 4 is 12.1 Å². The molecule has 3 rings (SSSR count). The molecule has 2 aliphatic rings. The van der Waals surface area contributed by atoms with Crippen LogP contribution in [0.3, 0.4) is 0 Å². The molecule has 1 amide bonds. The number of hydrogen-bond donors (Lipinski definition) is 0. The number of cyclic esters (lactones) is 1. The van der Waals surface area contributed by atoms with E-state index in [2.05, 4.69) is 32.9 Å². The highest BCUT2D eigenvalue weighted by Gasteiger charge is 2.52. The van der Waals surface area contributed by atoms with Gasteiger partial charge in [-0.3, -0.25) is 9.69 Å². The first kappa shape index (κ1) is 41.3. The van der Waals surface area contributed by atoms with Crippen LogP contribution in [0, 0.1) is 17.3 Å². The van der Waals surface area contributed by atoms with Crippen molar-refractivity contribution in [2.45, 2.75) is 188 Å². The minimum Gasteiger partial charge on any atom is -0.462 e. The van der Waals surface area contributed by atoms with Crippen LogP contribution in [0.2, 0.25) is 0 Å². The number of benzene rings is 1. The van der Waals surface area contributed by atoms with Gasteiger partial charge < -0.3 is 18.9 Å². The molecule has 2 fully saturated rings. The van der Waals surface area contributed by atoms with Crippen molar-refractivity contribution in [3.05, 3.63) is 35.9 Å². The molecule has 0 spiro atoms. The van der Waals surface area contributed by atoms with Gasteiger partial charge in [0, 0.05) is 5.92 Å². The summed E-state index contributed by atoms with van der Waals surface area (Å²) in [5.41, 5.74) is 0.481. The summed E-state index contributed by atoms with van der Waals surface area (Å²) in [7, 11) is 0. The third-order valence-electron chi connectivity index (χ3n) is 10.6. The molecule has 0 saturated carbocycles. The smallest absolute Gasteiger partial charge is 0.412 e. The van der Waals surface area contributed by atoms with E-state index in [1.165, 1.54) is 77.0 Å². The lowest BCUT2D eigenvalue weighted by molar-refractivity contribution is -0.245. The third-order valence-corrected chi connectivity index (χ3v) is 10.6. The van der Waals surface area contributed by atoms with Gasteiger partial charge in [-0.1, -0.05) is 147 Å². The van der Waals surface area contributed by atoms with Gasteiger partial charge in [-0.25, -0.2) is 4.79 Å². The Balaban J connectivity index is 1.84. The molecule has 1 aromatic carbocycles. The number of rotatable bonds is 24. The first-order valence-electron chi connectivity index (χ1n) is 20.1. The van der Waals surface area contributed by atoms with Crippen LogP contribution in [0.25, 0.3) is 0 Å². The summed E-state index contributed by atoms with van der Waals surface area (Å²) in [6, 6.07) is 10.3. The maximum absolute atomic E-state index is 13.3. The normalized spacial score (nSPS) is 24.3. The number of esters is 1. The average molecular weight is 686 g/mol. The van der Waals surface area contributed by atoms with Gasteiger partial charge in [-0.05, 0) is 51.5 Å². The molecule has 1 aromatic rings. The monoisotopic (exact) mass is 686 g/mol. The molecule has 0 bridgehead atoms. The van der Waals surface area contributed by atoms with Gasteiger partial charge in [0.2, 0.25) is 0 Å². The van der Waals surface area contributed by atoms with E-state index in [9.17, 15) is 9.59 Å². The fourth-order valence-electron chi connectivity index (χ4n) is 7.55. The van der Waals surface area contributed by atoms with Gasteiger partial charge in [-0.2, -0.15) is 0 Å². The summed E-state index contributed by atoms with van der Waals surface area (Å²) < 4.78 is 25.4. The molecule has 6 atom stereocenters. The van der Waals surface area contributed by atoms with Gasteiger partial charge in [0.25, 0.3) is 0 Å². The lowest BCUT2D eigenvalue weighted by Crippen LogP contribution is -2.60. The number of carbonyl (C=O) groups excluding carboxylic acids is 2. The molecule has 0 aromatic heterocycles. The van der Waals surface area contributed by atoms with E-state index in [1.807, 2.05) is 43.9 Å². The molecular formula is C42H71NO6. The average Bonchev–Trinajstić information content (AvgIpc) is 3.47. The summed E-state index contributed by atoms with van der Waals surface area (Å²) in [5, 5.41) is 0. The van der Waals surface area contributed by atoms with E-state index in [0.717, 1.165) is 44.1 Å². The van der Waals surface area contributed by atoms with Crippen LogP contribution in [-0.2, 0) is 30.3 Å². The van der Waals surface area contributed by atoms with E-state index in [0.29, 0.717) is 13.2 Å². The second-order valence-electron chi connectivity index (χ2n) is 15.7. The Kier molecular flexibility index (Phi) is 19.1. The summed E-state index contributed by atoms with van der Waals surface area (Å²) >= 11 is 0. The Morgan fingerprint density at radius 2 is 1.35 bits per heavy atom. The molecule has 280 valence electrons. The van der Waals surface area contributed by atoms with Crippen molar-refractivity contribution in [2.24, 2.45) is 17.3 Å². The molecule has 7 heteroatoms. The zero-order chi connectivity index (χ0) is 35.5. The van der Waals surface area contributed by atoms with Crippen LogP contribution in [0.5, 0.6) is 0 Å². The van der Waals surface area contributed by atoms with Crippen molar-refractivity contribution in [3.8, 4) is 0 Å². The van der Waals surface area contributed by atoms with Crippen LogP contribution in [0.15, 0.2) is 30.3 Å². The minimum atomic E-state index is -0.628. The predicted octanol–water partition coefficient (Wildman–Crippen LogP) is 11.0. The molecule has 2 saturated heterocycles. The highest BCUT2D eigenvalue weighted by atomic mass is 16.6. The maximum atomic E-state index is 13.3. The maximum Gasteiger partial charge on any atom is 0.412 e. The zero-order valence-electron chi connectivity index (χ0n) is 32.1. The highest BCUT2D eigenvalue weighted by Crippen LogP contribution is 2.43. The number of hydrogen-bond acceptors (Lipinski definition) is 6. The number of carbonyl (C=O) groups is 2. The van der Waals surface area contributed by atoms with Crippen LogP contribution >= 0.6 is 0 Å². The van der Waals surface area contributed by atoms with Crippen molar-refractivity contribution in [1.82, 2.24) is 4.90 Å².